The molecular weight excluding hydrogens is 195 g/mol. The van der Waals surface area contributed by atoms with Crippen LogP contribution in [0.3, 0.4) is 0 Å². The Morgan fingerprint density at radius 3 is 2.22 bits per heavy atom. The van der Waals surface area contributed by atoms with Gasteiger partial charge in [0.1, 0.15) is 0 Å². The van der Waals surface area contributed by atoms with Crippen molar-refractivity contribution in [3.8, 4) is 0 Å². The van der Waals surface area contributed by atoms with E-state index in [2.05, 4.69) is 20.1 Å². The number of carbonyl (C=O) groups excluding carboxylic acids is 1. The molecule has 0 fully saturated rings. The van der Waals surface area contributed by atoms with Gasteiger partial charge in [-0.3, -0.25) is 4.79 Å². The Morgan fingerprint density at radius 1 is 1.67 bits per heavy atom. The van der Waals surface area contributed by atoms with E-state index in [-0.39, 0.29) is 35.5 Å². The number of carbonyl (C=O) groups is 1. The molecule has 0 aromatic carbocycles. The van der Waals surface area contributed by atoms with Gasteiger partial charge in [0.15, 0.2) is 16.3 Å². The zero-order valence-electron chi connectivity index (χ0n) is 4.98. The molecule has 9 heavy (non-hydrogen) atoms. The molecule has 50 valence electrons. The Bertz CT molecular complexity index is 85.0. The van der Waals surface area contributed by atoms with Gasteiger partial charge < -0.3 is 3.83 Å². The van der Waals surface area contributed by atoms with Crippen molar-refractivity contribution in [3.63, 3.8) is 0 Å². The van der Waals surface area contributed by atoms with Gasteiger partial charge in [-0.15, -0.1) is 0 Å². The second-order valence-electron chi connectivity index (χ2n) is 2.05. The van der Waals surface area contributed by atoms with E-state index < -0.39 is 0 Å². The summed E-state index contributed by atoms with van der Waals surface area (Å²) in [7, 11) is 0. The molecule has 0 aromatic heterocycles. The molecule has 2 nitrogen and oxygen atoms in total. The number of rotatable bonds is 2. The summed E-state index contributed by atoms with van der Waals surface area (Å²) in [6.07, 6.45) is 0.477. The van der Waals surface area contributed by atoms with Crippen LogP contribution in [0.25, 0.3) is 0 Å². The molecule has 0 heterocycles. The predicted molar refractivity (Wildman–Crippen MR) is 41.6 cm³/mol. The zero-order chi connectivity index (χ0) is 6.57. The van der Waals surface area contributed by atoms with Gasteiger partial charge >= 0.3 is 35.5 Å². The maximum atomic E-state index is 10.4. The third-order valence-corrected chi connectivity index (χ3v) is 1.02. The summed E-state index contributed by atoms with van der Waals surface area (Å²) >= 11 is 2.59. The molecule has 4 heteroatoms. The van der Waals surface area contributed by atoms with Gasteiger partial charge in [0.05, 0.1) is 0 Å². The van der Waals surface area contributed by atoms with Crippen molar-refractivity contribution >= 4 is 51.8 Å². The van der Waals surface area contributed by atoms with Gasteiger partial charge in [-0.25, -0.2) is 0 Å². The van der Waals surface area contributed by atoms with E-state index in [1.165, 1.54) is 0 Å². The Balaban J connectivity index is 0. The Hall–Kier alpha value is 0.950. The normalized spacial score (nSPS) is 8.44. The number of hydrogen-bond donors (Lipinski definition) is 0. The first-order valence-corrected chi connectivity index (χ1v) is 3.13. The molecule has 0 radical (unpaired) electrons. The molecule has 0 aliphatic heterocycles. The summed E-state index contributed by atoms with van der Waals surface area (Å²) in [5, 5.41) is 0. The topological polar surface area (TPSA) is 26.3 Å². The SMILES string of the molecule is CC(C)CC(=O)OBr.[NaH]. The summed E-state index contributed by atoms with van der Waals surface area (Å²) in [6.45, 7) is 3.92. The van der Waals surface area contributed by atoms with Gasteiger partial charge in [-0.05, 0) is 5.92 Å². The van der Waals surface area contributed by atoms with Crippen LogP contribution >= 0.6 is 16.3 Å². The van der Waals surface area contributed by atoms with Crippen LogP contribution in [-0.4, -0.2) is 35.5 Å². The van der Waals surface area contributed by atoms with Crippen molar-refractivity contribution < 1.29 is 8.62 Å². The van der Waals surface area contributed by atoms with Crippen molar-refractivity contribution in [2.75, 3.05) is 0 Å². The fourth-order valence-corrected chi connectivity index (χ4v) is 0.497. The standard InChI is InChI=1S/C5H9BrO2.Na.H/c1-4(2)3-5(7)8-6;;/h4H,3H2,1-2H3;;. The van der Waals surface area contributed by atoms with E-state index in [1.54, 1.807) is 0 Å². The van der Waals surface area contributed by atoms with E-state index >= 15 is 0 Å². The van der Waals surface area contributed by atoms with Crippen LogP contribution in [0.5, 0.6) is 0 Å². The van der Waals surface area contributed by atoms with Gasteiger partial charge in [-0.1, -0.05) is 13.8 Å². The Morgan fingerprint density at radius 2 is 2.11 bits per heavy atom. The minimum atomic E-state index is -0.208. The van der Waals surface area contributed by atoms with Crippen LogP contribution in [0.1, 0.15) is 20.3 Å². The van der Waals surface area contributed by atoms with Crippen molar-refractivity contribution in [2.45, 2.75) is 20.3 Å². The summed E-state index contributed by atoms with van der Waals surface area (Å²) in [6, 6.07) is 0. The van der Waals surface area contributed by atoms with E-state index in [1.807, 2.05) is 13.8 Å². The van der Waals surface area contributed by atoms with Crippen LogP contribution in [-0.2, 0) is 8.62 Å². The second-order valence-corrected chi connectivity index (χ2v) is 2.37. The first-order chi connectivity index (χ1) is 3.66. The van der Waals surface area contributed by atoms with Crippen LogP contribution in [0, 0.1) is 5.92 Å². The van der Waals surface area contributed by atoms with Crippen LogP contribution in [0.4, 0.5) is 0 Å². The molecule has 0 N–H and O–H groups in total. The van der Waals surface area contributed by atoms with E-state index in [0.29, 0.717) is 12.3 Å². The second kappa shape index (κ2) is 7.06. The van der Waals surface area contributed by atoms with Crippen LogP contribution in [0.15, 0.2) is 0 Å². The molecule has 0 atom stereocenters. The summed E-state index contributed by atoms with van der Waals surface area (Å²) in [5.41, 5.74) is 0. The molecule has 0 amide bonds. The fourth-order valence-electron chi connectivity index (χ4n) is 0.365. The van der Waals surface area contributed by atoms with Crippen LogP contribution in [0.2, 0.25) is 0 Å². The summed E-state index contributed by atoms with van der Waals surface area (Å²) < 4.78 is 4.23. The molecule has 0 spiro atoms. The summed E-state index contributed by atoms with van der Waals surface area (Å²) in [4.78, 5) is 10.4. The molecule has 0 rings (SSSR count). The molecule has 0 aromatic rings. The first-order valence-electron chi connectivity index (χ1n) is 2.48. The number of hydrogen-bond acceptors (Lipinski definition) is 2. The van der Waals surface area contributed by atoms with E-state index in [4.69, 9.17) is 0 Å². The van der Waals surface area contributed by atoms with Gasteiger partial charge in [0.2, 0.25) is 0 Å². The molecular formula is C5H10BrNaO2. The monoisotopic (exact) mass is 204 g/mol. The first kappa shape index (κ1) is 12.6. The molecule has 0 saturated heterocycles. The van der Waals surface area contributed by atoms with E-state index in [9.17, 15) is 4.79 Å². The zero-order valence-corrected chi connectivity index (χ0v) is 6.56. The quantitative estimate of drug-likeness (QED) is 0.634. The van der Waals surface area contributed by atoms with Crippen molar-refractivity contribution in [3.05, 3.63) is 0 Å². The average Bonchev–Trinajstić information content (AvgIpc) is 1.65. The van der Waals surface area contributed by atoms with Crippen molar-refractivity contribution in [2.24, 2.45) is 5.92 Å². The number of halogens is 1. The molecule has 0 aliphatic rings. The molecule has 0 aliphatic carbocycles. The van der Waals surface area contributed by atoms with Crippen molar-refractivity contribution in [1.29, 1.82) is 0 Å². The van der Waals surface area contributed by atoms with Gasteiger partial charge in [0.25, 0.3) is 0 Å². The van der Waals surface area contributed by atoms with E-state index in [0.717, 1.165) is 0 Å². The Kier molecular flexibility index (Phi) is 9.89. The maximum absolute atomic E-state index is 10.4. The van der Waals surface area contributed by atoms with Gasteiger partial charge in [0, 0.05) is 6.42 Å². The molecule has 0 saturated carbocycles. The minimum absolute atomic E-state index is 0. The predicted octanol–water partition coefficient (Wildman–Crippen LogP) is 1.24. The third-order valence-electron chi connectivity index (χ3n) is 0.661. The molecule has 0 bridgehead atoms. The van der Waals surface area contributed by atoms with Crippen molar-refractivity contribution in [1.82, 2.24) is 0 Å². The average molecular weight is 205 g/mol. The third kappa shape index (κ3) is 8.95. The Labute approximate surface area is 86.1 Å². The summed E-state index contributed by atoms with van der Waals surface area (Å²) in [5.74, 6) is 0.167. The fraction of sp³-hybridized carbons (Fsp3) is 0.800. The van der Waals surface area contributed by atoms with Gasteiger partial charge in [-0.2, -0.15) is 0 Å². The molecule has 0 unspecified atom stereocenters. The van der Waals surface area contributed by atoms with Crippen LogP contribution < -0.4 is 0 Å².